The second-order valence-corrected chi connectivity index (χ2v) is 6.66. The third kappa shape index (κ3) is 3.04. The van der Waals surface area contributed by atoms with Gasteiger partial charge in [-0.05, 0) is 37.7 Å². The van der Waals surface area contributed by atoms with Gasteiger partial charge >= 0.3 is 0 Å². The summed E-state index contributed by atoms with van der Waals surface area (Å²) in [4.78, 5) is 0. The van der Waals surface area contributed by atoms with Gasteiger partial charge in [-0.15, -0.1) is 10.2 Å². The molecule has 3 rings (SSSR count). The highest BCUT2D eigenvalue weighted by Gasteiger charge is 2.29. The molecule has 1 unspecified atom stereocenters. The normalized spacial score (nSPS) is 17.5. The Kier molecular flexibility index (Phi) is 4.52. The van der Waals surface area contributed by atoms with Crippen LogP contribution in [0.4, 0.5) is 0 Å². The molecule has 0 bridgehead atoms. The number of rotatable bonds is 4. The molecule has 22 heavy (non-hydrogen) atoms. The lowest BCUT2D eigenvalue weighted by Gasteiger charge is -2.25. The number of aromatic nitrogens is 3. The summed E-state index contributed by atoms with van der Waals surface area (Å²) in [5.41, 5.74) is 1.64. The van der Waals surface area contributed by atoms with Gasteiger partial charge in [-0.3, -0.25) is 0 Å². The lowest BCUT2D eigenvalue weighted by atomic mass is 10.1. The molecule has 0 N–H and O–H groups in total. The van der Waals surface area contributed by atoms with Crippen LogP contribution in [0, 0.1) is 0 Å². The SMILES string of the molecule is CCc1nnc2n1N=C(c1ccc(Cl)cc1)C(OC(C)C)S2. The number of thioether (sulfide) groups is 1. The van der Waals surface area contributed by atoms with E-state index in [1.54, 1.807) is 4.68 Å². The van der Waals surface area contributed by atoms with Gasteiger partial charge < -0.3 is 4.74 Å². The highest BCUT2D eigenvalue weighted by Crippen LogP contribution is 2.32. The molecule has 2 heterocycles. The van der Waals surface area contributed by atoms with Crippen LogP contribution >= 0.6 is 23.4 Å². The molecule has 0 saturated heterocycles. The molecule has 5 nitrogen and oxygen atoms in total. The minimum absolute atomic E-state index is 0.0927. The van der Waals surface area contributed by atoms with Crippen molar-refractivity contribution in [2.24, 2.45) is 5.10 Å². The molecule has 7 heteroatoms. The van der Waals surface area contributed by atoms with Crippen molar-refractivity contribution in [3.8, 4) is 0 Å². The zero-order chi connectivity index (χ0) is 15.7. The van der Waals surface area contributed by atoms with Crippen LogP contribution in [0.15, 0.2) is 34.5 Å². The third-order valence-electron chi connectivity index (χ3n) is 3.17. The van der Waals surface area contributed by atoms with Gasteiger partial charge in [0.05, 0.1) is 6.10 Å². The maximum Gasteiger partial charge on any atom is 0.214 e. The fraction of sp³-hybridized carbons (Fsp3) is 0.400. The smallest absolute Gasteiger partial charge is 0.214 e. The maximum absolute atomic E-state index is 6.01. The first kappa shape index (κ1) is 15.5. The van der Waals surface area contributed by atoms with E-state index in [1.807, 2.05) is 45.0 Å². The van der Waals surface area contributed by atoms with Crippen molar-refractivity contribution in [2.75, 3.05) is 0 Å². The average Bonchev–Trinajstić information content (AvgIpc) is 2.88. The fourth-order valence-electron chi connectivity index (χ4n) is 2.15. The summed E-state index contributed by atoms with van der Waals surface area (Å²) in [5, 5.41) is 14.6. The van der Waals surface area contributed by atoms with Gasteiger partial charge in [0, 0.05) is 17.0 Å². The summed E-state index contributed by atoms with van der Waals surface area (Å²) in [6, 6.07) is 7.64. The molecule has 0 saturated carbocycles. The van der Waals surface area contributed by atoms with E-state index in [-0.39, 0.29) is 11.5 Å². The molecule has 1 atom stereocenters. The Morgan fingerprint density at radius 1 is 1.27 bits per heavy atom. The van der Waals surface area contributed by atoms with E-state index in [0.717, 1.165) is 28.7 Å². The van der Waals surface area contributed by atoms with E-state index in [1.165, 1.54) is 11.8 Å². The van der Waals surface area contributed by atoms with Crippen molar-refractivity contribution in [2.45, 2.75) is 43.9 Å². The Labute approximate surface area is 138 Å². The minimum atomic E-state index is -0.206. The Morgan fingerprint density at radius 3 is 2.64 bits per heavy atom. The van der Waals surface area contributed by atoms with E-state index in [0.29, 0.717) is 5.02 Å². The Morgan fingerprint density at radius 2 is 2.00 bits per heavy atom. The summed E-state index contributed by atoms with van der Waals surface area (Å²) >= 11 is 7.51. The topological polar surface area (TPSA) is 52.3 Å². The van der Waals surface area contributed by atoms with Gasteiger partial charge in [-0.2, -0.15) is 9.78 Å². The molecule has 1 aliphatic rings. The Balaban J connectivity index is 2.05. The number of hydrogen-bond donors (Lipinski definition) is 0. The monoisotopic (exact) mass is 336 g/mol. The quantitative estimate of drug-likeness (QED) is 0.856. The first-order chi connectivity index (χ1) is 10.6. The molecule has 0 spiro atoms. The van der Waals surface area contributed by atoms with Gasteiger partial charge in [0.2, 0.25) is 5.16 Å². The molecule has 1 aliphatic heterocycles. The summed E-state index contributed by atoms with van der Waals surface area (Å²) in [6.07, 6.45) is 0.871. The Bertz CT molecular complexity index is 696. The summed E-state index contributed by atoms with van der Waals surface area (Å²) in [7, 11) is 0. The fourth-order valence-corrected chi connectivity index (χ4v) is 3.37. The molecular weight excluding hydrogens is 320 g/mol. The molecule has 0 fully saturated rings. The highest BCUT2D eigenvalue weighted by atomic mass is 35.5. The number of aryl methyl sites for hydroxylation is 1. The zero-order valence-electron chi connectivity index (χ0n) is 12.7. The molecule has 0 radical (unpaired) electrons. The first-order valence-corrected chi connectivity index (χ1v) is 8.45. The zero-order valence-corrected chi connectivity index (χ0v) is 14.2. The largest absolute Gasteiger partial charge is 0.358 e. The van der Waals surface area contributed by atoms with E-state index in [2.05, 4.69) is 10.2 Å². The van der Waals surface area contributed by atoms with Crippen LogP contribution in [0.5, 0.6) is 0 Å². The second-order valence-electron chi connectivity index (χ2n) is 5.19. The number of halogens is 1. The molecule has 0 amide bonds. The number of nitrogens with zero attached hydrogens (tertiary/aromatic N) is 4. The van der Waals surface area contributed by atoms with Crippen LogP contribution in [-0.2, 0) is 11.2 Å². The van der Waals surface area contributed by atoms with Crippen LogP contribution in [0.1, 0.15) is 32.2 Å². The first-order valence-electron chi connectivity index (χ1n) is 7.19. The molecule has 1 aromatic carbocycles. The predicted octanol–water partition coefficient (Wildman–Crippen LogP) is 3.60. The third-order valence-corrected chi connectivity index (χ3v) is 4.44. The average molecular weight is 337 g/mol. The number of hydrogen-bond acceptors (Lipinski definition) is 5. The predicted molar refractivity (Wildman–Crippen MR) is 88.7 cm³/mol. The summed E-state index contributed by atoms with van der Waals surface area (Å²) in [5.74, 6) is 0.844. The molecule has 0 aliphatic carbocycles. The van der Waals surface area contributed by atoms with Crippen molar-refractivity contribution in [1.29, 1.82) is 0 Å². The van der Waals surface area contributed by atoms with Gasteiger partial charge in [0.15, 0.2) is 11.3 Å². The second kappa shape index (κ2) is 6.40. The molecule has 2 aromatic rings. The molecule has 1 aromatic heterocycles. The summed E-state index contributed by atoms with van der Waals surface area (Å²) < 4.78 is 7.81. The van der Waals surface area contributed by atoms with Crippen molar-refractivity contribution < 1.29 is 4.74 Å². The number of benzene rings is 1. The lowest BCUT2D eigenvalue weighted by molar-refractivity contribution is 0.0910. The van der Waals surface area contributed by atoms with Gasteiger partial charge in [0.1, 0.15) is 5.71 Å². The number of fused-ring (bicyclic) bond motifs is 1. The number of ether oxygens (including phenoxy) is 1. The van der Waals surface area contributed by atoms with Crippen LogP contribution in [0.3, 0.4) is 0 Å². The van der Waals surface area contributed by atoms with Gasteiger partial charge in [-0.25, -0.2) is 0 Å². The van der Waals surface area contributed by atoms with E-state index < -0.39 is 0 Å². The van der Waals surface area contributed by atoms with Crippen LogP contribution in [0.2, 0.25) is 5.02 Å². The van der Waals surface area contributed by atoms with Crippen LogP contribution < -0.4 is 0 Å². The minimum Gasteiger partial charge on any atom is -0.358 e. The Hall–Kier alpha value is -1.37. The van der Waals surface area contributed by atoms with Crippen LogP contribution in [-0.4, -0.2) is 32.1 Å². The van der Waals surface area contributed by atoms with Crippen molar-refractivity contribution in [1.82, 2.24) is 14.9 Å². The van der Waals surface area contributed by atoms with Crippen molar-refractivity contribution in [3.05, 3.63) is 40.7 Å². The maximum atomic E-state index is 6.01. The lowest BCUT2D eigenvalue weighted by Crippen LogP contribution is -2.29. The molecular formula is C15H17ClN4OS. The van der Waals surface area contributed by atoms with Crippen molar-refractivity contribution in [3.63, 3.8) is 0 Å². The van der Waals surface area contributed by atoms with Gasteiger partial charge in [-0.1, -0.05) is 30.7 Å². The van der Waals surface area contributed by atoms with Crippen molar-refractivity contribution >= 4 is 29.1 Å². The van der Waals surface area contributed by atoms with Crippen LogP contribution in [0.25, 0.3) is 0 Å². The van der Waals surface area contributed by atoms with E-state index in [9.17, 15) is 0 Å². The van der Waals surface area contributed by atoms with E-state index in [4.69, 9.17) is 21.4 Å². The van der Waals surface area contributed by atoms with Gasteiger partial charge in [0.25, 0.3) is 0 Å². The standard InChI is InChI=1S/C15H17ClN4OS/c1-4-12-17-18-15-20(12)19-13(14(22-15)21-9(2)3)10-5-7-11(16)8-6-10/h5-9,14H,4H2,1-3H3. The van der Waals surface area contributed by atoms with E-state index >= 15 is 0 Å². The highest BCUT2D eigenvalue weighted by molar-refractivity contribution is 8.00. The molecule has 116 valence electrons. The summed E-state index contributed by atoms with van der Waals surface area (Å²) in [6.45, 7) is 6.06.